The first kappa shape index (κ1) is 12.8. The van der Waals surface area contributed by atoms with Gasteiger partial charge in [0, 0.05) is 18.0 Å². The number of imidazole rings is 1. The van der Waals surface area contributed by atoms with Crippen LogP contribution in [0, 0.1) is 10.1 Å². The zero-order valence-electron chi connectivity index (χ0n) is 9.87. The van der Waals surface area contributed by atoms with Crippen molar-refractivity contribution in [2.24, 2.45) is 0 Å². The van der Waals surface area contributed by atoms with Crippen molar-refractivity contribution in [3.8, 4) is 0 Å². The number of hydrogen-bond acceptors (Lipinski definition) is 6. The second-order valence-corrected chi connectivity index (χ2v) is 4.73. The third-order valence-electron chi connectivity index (χ3n) is 2.72. The number of thiazole rings is 1. The molecule has 0 spiro atoms. The summed E-state index contributed by atoms with van der Waals surface area (Å²) in [4.78, 5) is 15.4. The van der Waals surface area contributed by atoms with E-state index in [4.69, 9.17) is 5.11 Å². The van der Waals surface area contributed by atoms with Gasteiger partial charge in [-0.3, -0.25) is 0 Å². The molecule has 98 valence electrons. The van der Waals surface area contributed by atoms with Crippen LogP contribution in [-0.4, -0.2) is 32.1 Å². The first-order chi connectivity index (χ1) is 8.67. The number of nitrogens with one attached hydrogen (secondary N) is 1. The average Bonchev–Trinajstić information content (AvgIpc) is 2.87. The smallest absolute Gasteiger partial charge is 0.372 e. The molecule has 1 unspecified atom stereocenters. The highest BCUT2D eigenvalue weighted by molar-refractivity contribution is 7.15. The lowest BCUT2D eigenvalue weighted by molar-refractivity contribution is -0.389. The topological polar surface area (TPSA) is 92.7 Å². The lowest BCUT2D eigenvalue weighted by atomic mass is 10.1. The van der Waals surface area contributed by atoms with Gasteiger partial charge in [-0.15, -0.1) is 0 Å². The molecule has 2 N–H and O–H groups in total. The van der Waals surface area contributed by atoms with Gasteiger partial charge in [0.15, 0.2) is 0 Å². The predicted molar refractivity (Wildman–Crippen MR) is 69.1 cm³/mol. The molecule has 0 saturated carbocycles. The van der Waals surface area contributed by atoms with Gasteiger partial charge in [-0.1, -0.05) is 18.3 Å². The van der Waals surface area contributed by atoms with E-state index in [9.17, 15) is 10.1 Å². The van der Waals surface area contributed by atoms with Crippen LogP contribution in [0.4, 0.5) is 11.6 Å². The molecule has 0 saturated heterocycles. The fourth-order valence-corrected chi connectivity index (χ4v) is 2.48. The Hall–Kier alpha value is -1.67. The molecule has 0 amide bonds. The molecule has 2 aromatic heterocycles. The molecule has 0 radical (unpaired) electrons. The Balaban J connectivity index is 2.34. The van der Waals surface area contributed by atoms with Gasteiger partial charge in [-0.05, 0) is 17.8 Å². The molecule has 2 aromatic rings. The van der Waals surface area contributed by atoms with Gasteiger partial charge in [-0.25, -0.2) is 0 Å². The molecule has 0 aromatic carbocycles. The third kappa shape index (κ3) is 2.29. The van der Waals surface area contributed by atoms with Gasteiger partial charge in [0.2, 0.25) is 5.82 Å². The normalized spacial score (nSPS) is 12.8. The largest absolute Gasteiger partial charge is 0.396 e. The molecular weight excluding hydrogens is 256 g/mol. The predicted octanol–water partition coefficient (Wildman–Crippen LogP) is 1.88. The van der Waals surface area contributed by atoms with Crippen LogP contribution in [0.5, 0.6) is 0 Å². The Kier molecular flexibility index (Phi) is 3.78. The van der Waals surface area contributed by atoms with Crippen molar-refractivity contribution < 1.29 is 10.0 Å². The van der Waals surface area contributed by atoms with Gasteiger partial charge in [0.05, 0.1) is 0 Å². The molecule has 1 atom stereocenters. The fourth-order valence-electron chi connectivity index (χ4n) is 1.77. The molecule has 18 heavy (non-hydrogen) atoms. The molecule has 7 nitrogen and oxygen atoms in total. The minimum absolute atomic E-state index is 0.0155. The van der Waals surface area contributed by atoms with Crippen LogP contribution in [0.1, 0.15) is 19.8 Å². The maximum Gasteiger partial charge on any atom is 0.372 e. The first-order valence-corrected chi connectivity index (χ1v) is 6.52. The number of aliphatic hydroxyl groups is 1. The number of nitro groups is 1. The Labute approximate surface area is 107 Å². The zero-order valence-corrected chi connectivity index (χ0v) is 10.7. The second kappa shape index (κ2) is 5.32. The Bertz CT molecular complexity index is 550. The molecule has 0 aliphatic heterocycles. The molecule has 2 heterocycles. The highest BCUT2D eigenvalue weighted by atomic mass is 32.1. The van der Waals surface area contributed by atoms with E-state index in [2.05, 4.69) is 10.3 Å². The summed E-state index contributed by atoms with van der Waals surface area (Å²) < 4.78 is 1.46. The van der Waals surface area contributed by atoms with Crippen molar-refractivity contribution in [2.45, 2.75) is 25.8 Å². The standard InChI is InChI=1S/C10H14N4O3S/c1-2-7(3-5-15)11-8-9(14(16)17)13-4-6-18-10(13)12-8/h4,6-7,11,15H,2-3,5H2,1H3. The van der Waals surface area contributed by atoms with Gasteiger partial charge in [-0.2, -0.15) is 9.38 Å². The maximum absolute atomic E-state index is 11.1. The van der Waals surface area contributed by atoms with E-state index in [1.54, 1.807) is 11.6 Å². The zero-order chi connectivity index (χ0) is 13.1. The summed E-state index contributed by atoms with van der Waals surface area (Å²) in [6, 6.07) is -0.0155. The molecule has 0 aliphatic carbocycles. The summed E-state index contributed by atoms with van der Waals surface area (Å²) >= 11 is 1.35. The molecule has 8 heteroatoms. The summed E-state index contributed by atoms with van der Waals surface area (Å²) in [5.41, 5.74) is 0. The lowest BCUT2D eigenvalue weighted by Gasteiger charge is -2.14. The van der Waals surface area contributed by atoms with Crippen LogP contribution in [0.15, 0.2) is 11.6 Å². The summed E-state index contributed by atoms with van der Waals surface area (Å²) in [7, 11) is 0. The van der Waals surface area contributed by atoms with Crippen molar-refractivity contribution in [3.05, 3.63) is 21.7 Å². The van der Waals surface area contributed by atoms with Crippen molar-refractivity contribution in [3.63, 3.8) is 0 Å². The number of rotatable bonds is 6. The van der Waals surface area contributed by atoms with Crippen LogP contribution in [0.3, 0.4) is 0 Å². The van der Waals surface area contributed by atoms with Gasteiger partial charge < -0.3 is 20.5 Å². The lowest BCUT2D eigenvalue weighted by Crippen LogP contribution is -2.20. The number of hydrogen-bond donors (Lipinski definition) is 2. The summed E-state index contributed by atoms with van der Waals surface area (Å²) in [5, 5.41) is 24.8. The number of fused-ring (bicyclic) bond motifs is 1. The maximum atomic E-state index is 11.1. The number of aliphatic hydroxyl groups excluding tert-OH is 1. The van der Waals surface area contributed by atoms with Crippen molar-refractivity contribution >= 4 is 27.9 Å². The summed E-state index contributed by atoms with van der Waals surface area (Å²) in [5.74, 6) is 0.217. The quantitative estimate of drug-likeness (QED) is 0.617. The molecular formula is C10H14N4O3S. The Morgan fingerprint density at radius 2 is 2.50 bits per heavy atom. The van der Waals surface area contributed by atoms with Gasteiger partial charge >= 0.3 is 5.82 Å². The van der Waals surface area contributed by atoms with Crippen molar-refractivity contribution in [2.75, 3.05) is 11.9 Å². The van der Waals surface area contributed by atoms with E-state index < -0.39 is 4.92 Å². The third-order valence-corrected chi connectivity index (χ3v) is 3.48. The Morgan fingerprint density at radius 3 is 3.11 bits per heavy atom. The number of aromatic nitrogens is 2. The van der Waals surface area contributed by atoms with Gasteiger partial charge in [0.25, 0.3) is 4.96 Å². The van der Waals surface area contributed by atoms with Crippen molar-refractivity contribution in [1.82, 2.24) is 9.38 Å². The van der Waals surface area contributed by atoms with E-state index in [0.717, 1.165) is 6.42 Å². The van der Waals surface area contributed by atoms with Crippen LogP contribution in [0.25, 0.3) is 4.96 Å². The van der Waals surface area contributed by atoms with E-state index in [1.165, 1.54) is 15.7 Å². The van der Waals surface area contributed by atoms with Crippen LogP contribution in [-0.2, 0) is 0 Å². The fraction of sp³-hybridized carbons (Fsp3) is 0.500. The minimum atomic E-state index is -0.444. The van der Waals surface area contributed by atoms with E-state index >= 15 is 0 Å². The highest BCUT2D eigenvalue weighted by Gasteiger charge is 2.24. The number of anilines is 1. The highest BCUT2D eigenvalue weighted by Crippen LogP contribution is 2.28. The van der Waals surface area contributed by atoms with Crippen LogP contribution in [0.2, 0.25) is 0 Å². The monoisotopic (exact) mass is 270 g/mol. The molecule has 0 fully saturated rings. The van der Waals surface area contributed by atoms with E-state index in [0.29, 0.717) is 11.4 Å². The van der Waals surface area contributed by atoms with Crippen LogP contribution >= 0.6 is 11.3 Å². The van der Waals surface area contributed by atoms with Crippen molar-refractivity contribution in [1.29, 1.82) is 0 Å². The number of nitrogens with zero attached hydrogens (tertiary/aromatic N) is 3. The van der Waals surface area contributed by atoms with E-state index in [-0.39, 0.29) is 24.3 Å². The summed E-state index contributed by atoms with van der Waals surface area (Å²) in [6.07, 6.45) is 2.94. The SMILES string of the molecule is CCC(CCO)Nc1nc2sccn2c1[N+](=O)[O-]. The molecule has 0 aliphatic rings. The average molecular weight is 270 g/mol. The van der Waals surface area contributed by atoms with Crippen LogP contribution < -0.4 is 5.32 Å². The minimum Gasteiger partial charge on any atom is -0.396 e. The Morgan fingerprint density at radius 1 is 1.72 bits per heavy atom. The first-order valence-electron chi connectivity index (χ1n) is 5.64. The molecule has 0 bridgehead atoms. The van der Waals surface area contributed by atoms with E-state index in [1.807, 2.05) is 6.92 Å². The second-order valence-electron chi connectivity index (χ2n) is 3.86. The summed E-state index contributed by atoms with van der Waals surface area (Å²) in [6.45, 7) is 2.00. The van der Waals surface area contributed by atoms with Gasteiger partial charge in [0.1, 0.15) is 6.20 Å². The molecule has 2 rings (SSSR count).